The number of aliphatic hydroxyl groups excluding tert-OH is 1. The fraction of sp³-hybridized carbons (Fsp3) is 0.250. The van der Waals surface area contributed by atoms with Crippen LogP contribution in [-0.4, -0.2) is 60.4 Å². The summed E-state index contributed by atoms with van der Waals surface area (Å²) in [5.41, 5.74) is 0.908. The minimum absolute atomic E-state index is 0.0184. The van der Waals surface area contributed by atoms with E-state index in [9.17, 15) is 19.1 Å². The summed E-state index contributed by atoms with van der Waals surface area (Å²) in [6, 6.07) is 11.4. The summed E-state index contributed by atoms with van der Waals surface area (Å²) in [7, 11) is 3.74. The molecule has 6 nitrogen and oxygen atoms in total. The average Bonchev–Trinajstić information content (AvgIpc) is 3.01. The molecule has 1 aliphatic rings. The Labute approximate surface area is 180 Å². The maximum atomic E-state index is 13.3. The second kappa shape index (κ2) is 9.57. The van der Waals surface area contributed by atoms with Crippen LogP contribution in [-0.2, 0) is 9.59 Å². The molecule has 0 aliphatic carbocycles. The average molecular weight is 424 g/mol. The smallest absolute Gasteiger partial charge is 0.295 e. The number of aliphatic hydroxyl groups is 1. The number of amides is 1. The predicted octanol–water partition coefficient (Wildman–Crippen LogP) is 3.37. The van der Waals surface area contributed by atoms with Crippen LogP contribution in [0.25, 0.3) is 5.76 Å². The molecule has 1 fully saturated rings. The molecule has 1 aliphatic heterocycles. The van der Waals surface area contributed by atoms with Crippen molar-refractivity contribution in [1.29, 1.82) is 0 Å². The van der Waals surface area contributed by atoms with Gasteiger partial charge in [-0.1, -0.05) is 24.8 Å². The number of carbonyl (C=O) groups is 2. The minimum atomic E-state index is -0.766. The topological polar surface area (TPSA) is 70.1 Å². The number of rotatable bonds is 8. The first kappa shape index (κ1) is 22.2. The quantitative estimate of drug-likeness (QED) is 0.305. The molecule has 162 valence electrons. The Kier molecular flexibility index (Phi) is 6.87. The normalized spacial score (nSPS) is 17.9. The van der Waals surface area contributed by atoms with Crippen molar-refractivity contribution in [3.63, 3.8) is 0 Å². The Morgan fingerprint density at radius 2 is 1.81 bits per heavy atom. The van der Waals surface area contributed by atoms with E-state index in [1.165, 1.54) is 29.2 Å². The Morgan fingerprint density at radius 1 is 1.16 bits per heavy atom. The van der Waals surface area contributed by atoms with Gasteiger partial charge in [-0.05, 0) is 56.1 Å². The maximum absolute atomic E-state index is 13.3. The molecule has 0 radical (unpaired) electrons. The number of Topliss-reactive ketones (excluding diaryl/α,β-unsaturated/α-hetero) is 1. The molecule has 1 saturated heterocycles. The zero-order valence-electron chi connectivity index (χ0n) is 17.5. The number of likely N-dealkylation sites (tertiary alicyclic amines) is 1. The van der Waals surface area contributed by atoms with Crippen LogP contribution in [0.2, 0.25) is 0 Å². The number of hydrogen-bond acceptors (Lipinski definition) is 5. The van der Waals surface area contributed by atoms with Gasteiger partial charge in [0.25, 0.3) is 11.7 Å². The Bertz CT molecular complexity index is 997. The standard InChI is InChI=1S/C24H25FN2O4/c1-4-15-31-19-11-7-16(8-12-19)21-20(22(28)17-5-9-18(25)10-6-17)23(29)24(30)27(21)14-13-26(2)3/h4-12,21,28H,1,13-15H2,2-3H3/t21-/m0/s1. The van der Waals surface area contributed by atoms with E-state index in [1.54, 1.807) is 30.3 Å². The van der Waals surface area contributed by atoms with Crippen LogP contribution >= 0.6 is 0 Å². The number of ether oxygens (including phenoxy) is 1. The van der Waals surface area contributed by atoms with Gasteiger partial charge >= 0.3 is 0 Å². The van der Waals surface area contributed by atoms with Crippen LogP contribution in [0.5, 0.6) is 5.75 Å². The van der Waals surface area contributed by atoms with Crippen LogP contribution in [0.1, 0.15) is 17.2 Å². The molecule has 2 aromatic rings. The first-order chi connectivity index (χ1) is 14.8. The summed E-state index contributed by atoms with van der Waals surface area (Å²) in [4.78, 5) is 29.1. The highest BCUT2D eigenvalue weighted by Gasteiger charge is 2.45. The van der Waals surface area contributed by atoms with Crippen LogP contribution in [0, 0.1) is 5.82 Å². The molecule has 1 amide bonds. The van der Waals surface area contributed by atoms with Crippen molar-refractivity contribution < 1.29 is 23.8 Å². The van der Waals surface area contributed by atoms with Gasteiger partial charge in [0.15, 0.2) is 0 Å². The van der Waals surface area contributed by atoms with Crippen LogP contribution in [0.4, 0.5) is 4.39 Å². The van der Waals surface area contributed by atoms with E-state index < -0.39 is 23.5 Å². The lowest BCUT2D eigenvalue weighted by Gasteiger charge is -2.26. The minimum Gasteiger partial charge on any atom is -0.507 e. The Balaban J connectivity index is 2.07. The van der Waals surface area contributed by atoms with Crippen molar-refractivity contribution in [2.24, 2.45) is 0 Å². The van der Waals surface area contributed by atoms with Crippen LogP contribution in [0.3, 0.4) is 0 Å². The largest absolute Gasteiger partial charge is 0.507 e. The molecule has 0 saturated carbocycles. The van der Waals surface area contributed by atoms with Gasteiger partial charge in [-0.25, -0.2) is 4.39 Å². The molecule has 0 bridgehead atoms. The van der Waals surface area contributed by atoms with E-state index in [2.05, 4.69) is 6.58 Å². The van der Waals surface area contributed by atoms with Gasteiger partial charge < -0.3 is 19.6 Å². The highest BCUT2D eigenvalue weighted by molar-refractivity contribution is 6.46. The number of benzene rings is 2. The molecule has 0 spiro atoms. The zero-order chi connectivity index (χ0) is 22.5. The van der Waals surface area contributed by atoms with Crippen molar-refractivity contribution >= 4 is 17.4 Å². The highest BCUT2D eigenvalue weighted by atomic mass is 19.1. The third-order valence-electron chi connectivity index (χ3n) is 5.01. The molecular weight excluding hydrogens is 399 g/mol. The van der Waals surface area contributed by atoms with Gasteiger partial charge in [0.1, 0.15) is 23.9 Å². The summed E-state index contributed by atoms with van der Waals surface area (Å²) in [6.07, 6.45) is 1.63. The first-order valence-electron chi connectivity index (χ1n) is 9.86. The summed E-state index contributed by atoms with van der Waals surface area (Å²) < 4.78 is 18.8. The maximum Gasteiger partial charge on any atom is 0.295 e. The Hall–Kier alpha value is -3.45. The van der Waals surface area contributed by atoms with Gasteiger partial charge in [0.2, 0.25) is 0 Å². The van der Waals surface area contributed by atoms with Crippen LogP contribution in [0.15, 0.2) is 66.8 Å². The number of nitrogens with zero attached hydrogens (tertiary/aromatic N) is 2. The van der Waals surface area contributed by atoms with E-state index in [1.807, 2.05) is 19.0 Å². The van der Waals surface area contributed by atoms with Gasteiger partial charge in [-0.2, -0.15) is 0 Å². The van der Waals surface area contributed by atoms with Crippen LogP contribution < -0.4 is 4.74 Å². The van der Waals surface area contributed by atoms with Gasteiger partial charge in [0.05, 0.1) is 11.6 Å². The molecule has 1 N–H and O–H groups in total. The molecule has 3 rings (SSSR count). The van der Waals surface area contributed by atoms with Gasteiger partial charge in [-0.3, -0.25) is 9.59 Å². The molecule has 7 heteroatoms. The van der Waals surface area contributed by atoms with Gasteiger partial charge in [0, 0.05) is 18.7 Å². The number of likely N-dealkylation sites (N-methyl/N-ethyl adjacent to an activating group) is 1. The lowest BCUT2D eigenvalue weighted by Crippen LogP contribution is -2.35. The fourth-order valence-corrected chi connectivity index (χ4v) is 3.43. The first-order valence-corrected chi connectivity index (χ1v) is 9.86. The fourth-order valence-electron chi connectivity index (χ4n) is 3.43. The molecule has 1 atom stereocenters. The third kappa shape index (κ3) is 4.83. The summed E-state index contributed by atoms with van der Waals surface area (Å²) in [5.74, 6) is -1.62. The lowest BCUT2D eigenvalue weighted by molar-refractivity contribution is -0.140. The summed E-state index contributed by atoms with van der Waals surface area (Å²) in [5, 5.41) is 10.9. The van der Waals surface area contributed by atoms with E-state index in [0.717, 1.165) is 0 Å². The second-order valence-electron chi connectivity index (χ2n) is 7.47. The number of hydrogen-bond donors (Lipinski definition) is 1. The highest BCUT2D eigenvalue weighted by Crippen LogP contribution is 2.39. The summed E-state index contributed by atoms with van der Waals surface area (Å²) in [6.45, 7) is 4.81. The molecule has 2 aromatic carbocycles. The molecule has 1 heterocycles. The van der Waals surface area contributed by atoms with Crippen molar-refractivity contribution in [3.8, 4) is 5.75 Å². The summed E-state index contributed by atoms with van der Waals surface area (Å²) >= 11 is 0. The Morgan fingerprint density at radius 3 is 2.39 bits per heavy atom. The number of ketones is 1. The number of carbonyl (C=O) groups excluding carboxylic acids is 2. The SMILES string of the molecule is C=CCOc1ccc([C@H]2C(=C(O)c3ccc(F)cc3)C(=O)C(=O)N2CCN(C)C)cc1. The lowest BCUT2D eigenvalue weighted by atomic mass is 9.95. The van der Waals surface area contributed by atoms with E-state index >= 15 is 0 Å². The number of halogens is 1. The van der Waals surface area contributed by atoms with E-state index in [-0.39, 0.29) is 16.9 Å². The molecule has 31 heavy (non-hydrogen) atoms. The molecule has 0 aromatic heterocycles. The van der Waals surface area contributed by atoms with E-state index in [0.29, 0.717) is 31.0 Å². The third-order valence-corrected chi connectivity index (χ3v) is 5.01. The van der Waals surface area contributed by atoms with Gasteiger partial charge in [-0.15, -0.1) is 0 Å². The van der Waals surface area contributed by atoms with E-state index in [4.69, 9.17) is 4.74 Å². The molecule has 0 unspecified atom stereocenters. The van der Waals surface area contributed by atoms with Crippen molar-refractivity contribution in [3.05, 3.63) is 83.7 Å². The van der Waals surface area contributed by atoms with Crippen molar-refractivity contribution in [1.82, 2.24) is 9.80 Å². The van der Waals surface area contributed by atoms with Crippen molar-refractivity contribution in [2.45, 2.75) is 6.04 Å². The predicted molar refractivity (Wildman–Crippen MR) is 116 cm³/mol. The monoisotopic (exact) mass is 424 g/mol. The molecular formula is C24H25FN2O4. The second-order valence-corrected chi connectivity index (χ2v) is 7.47. The van der Waals surface area contributed by atoms with Crippen molar-refractivity contribution in [2.75, 3.05) is 33.8 Å². The zero-order valence-corrected chi connectivity index (χ0v) is 17.5.